The van der Waals surface area contributed by atoms with Gasteiger partial charge in [0, 0.05) is 18.5 Å². The van der Waals surface area contributed by atoms with Crippen molar-refractivity contribution in [2.75, 3.05) is 6.54 Å². The number of aromatic nitrogens is 1. The number of carbonyl (C=O) groups is 2. The average molecular weight is 280 g/mol. The summed E-state index contributed by atoms with van der Waals surface area (Å²) in [6, 6.07) is -0.227. The third-order valence-electron chi connectivity index (χ3n) is 3.68. The molecular formula is C14H20N2O4. The second-order valence-corrected chi connectivity index (χ2v) is 5.55. The van der Waals surface area contributed by atoms with Gasteiger partial charge in [-0.3, -0.25) is 9.59 Å². The van der Waals surface area contributed by atoms with Crippen LogP contribution in [-0.4, -0.2) is 39.6 Å². The van der Waals surface area contributed by atoms with Gasteiger partial charge in [0.05, 0.1) is 12.1 Å². The van der Waals surface area contributed by atoms with E-state index in [0.29, 0.717) is 23.6 Å². The van der Waals surface area contributed by atoms with Gasteiger partial charge in [-0.05, 0) is 19.8 Å². The molecule has 0 saturated carbocycles. The number of hydrogen-bond donors (Lipinski definition) is 1. The topological polar surface area (TPSA) is 83.6 Å². The Morgan fingerprint density at radius 1 is 1.50 bits per heavy atom. The number of aryl methyl sites for hydroxylation is 1. The number of hydrogen-bond acceptors (Lipinski definition) is 4. The number of nitrogens with zero attached hydrogens (tertiary/aromatic N) is 2. The number of rotatable bonds is 4. The van der Waals surface area contributed by atoms with Crippen molar-refractivity contribution in [3.8, 4) is 0 Å². The minimum atomic E-state index is -0.874. The van der Waals surface area contributed by atoms with Crippen molar-refractivity contribution >= 4 is 11.9 Å². The van der Waals surface area contributed by atoms with Crippen molar-refractivity contribution in [3.05, 3.63) is 17.0 Å². The zero-order valence-corrected chi connectivity index (χ0v) is 12.0. The lowest BCUT2D eigenvalue weighted by molar-refractivity contribution is -0.137. The SMILES string of the molecule is Cc1noc(C(C)C)c1C(=O)N1CCCC1CC(=O)O. The lowest BCUT2D eigenvalue weighted by atomic mass is 10.0. The first kappa shape index (κ1) is 14.6. The summed E-state index contributed by atoms with van der Waals surface area (Å²) in [5, 5.41) is 12.8. The van der Waals surface area contributed by atoms with Crippen molar-refractivity contribution in [3.63, 3.8) is 0 Å². The average Bonchev–Trinajstić information content (AvgIpc) is 2.94. The van der Waals surface area contributed by atoms with Gasteiger partial charge in [-0.1, -0.05) is 19.0 Å². The lowest BCUT2D eigenvalue weighted by Crippen LogP contribution is -2.37. The van der Waals surface area contributed by atoms with Crippen LogP contribution in [0.2, 0.25) is 0 Å². The maximum absolute atomic E-state index is 12.7. The zero-order valence-electron chi connectivity index (χ0n) is 12.0. The van der Waals surface area contributed by atoms with Gasteiger partial charge in [0.2, 0.25) is 0 Å². The van der Waals surface area contributed by atoms with E-state index >= 15 is 0 Å². The molecule has 110 valence electrons. The molecule has 0 radical (unpaired) electrons. The van der Waals surface area contributed by atoms with E-state index in [4.69, 9.17) is 9.63 Å². The molecule has 20 heavy (non-hydrogen) atoms. The van der Waals surface area contributed by atoms with Gasteiger partial charge >= 0.3 is 5.97 Å². The molecule has 1 unspecified atom stereocenters. The summed E-state index contributed by atoms with van der Waals surface area (Å²) in [6.07, 6.45) is 1.57. The number of carboxylic acid groups (broad SMARTS) is 1. The third kappa shape index (κ3) is 2.69. The van der Waals surface area contributed by atoms with E-state index in [0.717, 1.165) is 12.8 Å². The van der Waals surface area contributed by atoms with Crippen LogP contribution in [0.5, 0.6) is 0 Å². The molecule has 1 atom stereocenters. The fraction of sp³-hybridized carbons (Fsp3) is 0.643. The van der Waals surface area contributed by atoms with Crippen molar-refractivity contribution in [1.82, 2.24) is 10.1 Å². The van der Waals surface area contributed by atoms with Crippen LogP contribution in [0.3, 0.4) is 0 Å². The highest BCUT2D eigenvalue weighted by Crippen LogP contribution is 2.28. The monoisotopic (exact) mass is 280 g/mol. The molecular weight excluding hydrogens is 260 g/mol. The number of aliphatic carboxylic acids is 1. The first-order valence-corrected chi connectivity index (χ1v) is 6.90. The Kier molecular flexibility index (Phi) is 4.11. The lowest BCUT2D eigenvalue weighted by Gasteiger charge is -2.23. The van der Waals surface area contributed by atoms with Crippen LogP contribution in [0.25, 0.3) is 0 Å². The summed E-state index contributed by atoms with van der Waals surface area (Å²) in [7, 11) is 0. The van der Waals surface area contributed by atoms with Crippen molar-refractivity contribution in [2.45, 2.75) is 52.0 Å². The van der Waals surface area contributed by atoms with E-state index in [1.54, 1.807) is 11.8 Å². The van der Waals surface area contributed by atoms with Gasteiger partial charge in [-0.15, -0.1) is 0 Å². The molecule has 0 spiro atoms. The minimum absolute atomic E-state index is 0.00687. The van der Waals surface area contributed by atoms with E-state index in [9.17, 15) is 9.59 Å². The Morgan fingerprint density at radius 2 is 2.20 bits per heavy atom. The maximum atomic E-state index is 12.7. The first-order valence-electron chi connectivity index (χ1n) is 6.90. The molecule has 6 nitrogen and oxygen atoms in total. The van der Waals surface area contributed by atoms with Crippen LogP contribution >= 0.6 is 0 Å². The summed E-state index contributed by atoms with van der Waals surface area (Å²) in [5.41, 5.74) is 1.07. The van der Waals surface area contributed by atoms with Gasteiger partial charge in [-0.2, -0.15) is 0 Å². The summed E-state index contributed by atoms with van der Waals surface area (Å²) < 4.78 is 5.24. The van der Waals surface area contributed by atoms with Crippen molar-refractivity contribution < 1.29 is 19.2 Å². The summed E-state index contributed by atoms with van der Waals surface area (Å²) in [6.45, 7) is 6.22. The van der Waals surface area contributed by atoms with Crippen molar-refractivity contribution in [1.29, 1.82) is 0 Å². The number of amides is 1. The van der Waals surface area contributed by atoms with E-state index in [1.807, 2.05) is 13.8 Å². The summed E-state index contributed by atoms with van der Waals surface area (Å²) >= 11 is 0. The van der Waals surface area contributed by atoms with E-state index in [1.165, 1.54) is 0 Å². The molecule has 1 aliphatic heterocycles. The van der Waals surface area contributed by atoms with Gasteiger partial charge < -0.3 is 14.5 Å². The second kappa shape index (κ2) is 5.64. The van der Waals surface area contributed by atoms with Crippen LogP contribution in [-0.2, 0) is 4.79 Å². The van der Waals surface area contributed by atoms with Gasteiger partial charge in [0.15, 0.2) is 5.76 Å². The molecule has 1 aromatic heterocycles. The van der Waals surface area contributed by atoms with Crippen LogP contribution < -0.4 is 0 Å². The standard InChI is InChI=1S/C14H20N2O4/c1-8(2)13-12(9(3)15-20-13)14(19)16-6-4-5-10(16)7-11(17)18/h8,10H,4-7H2,1-3H3,(H,17,18). The normalized spacial score (nSPS) is 18.8. The van der Waals surface area contributed by atoms with Crippen molar-refractivity contribution in [2.24, 2.45) is 0 Å². The van der Waals surface area contributed by atoms with E-state index in [2.05, 4.69) is 5.16 Å². The molecule has 2 heterocycles. The fourth-order valence-electron chi connectivity index (χ4n) is 2.70. The molecule has 1 fully saturated rings. The zero-order chi connectivity index (χ0) is 14.9. The highest BCUT2D eigenvalue weighted by molar-refractivity contribution is 5.97. The molecule has 1 aliphatic rings. The van der Waals surface area contributed by atoms with Gasteiger partial charge in [0.25, 0.3) is 5.91 Å². The molecule has 1 amide bonds. The van der Waals surface area contributed by atoms with Crippen LogP contribution in [0, 0.1) is 6.92 Å². The first-order chi connectivity index (χ1) is 9.41. The maximum Gasteiger partial charge on any atom is 0.305 e. The quantitative estimate of drug-likeness (QED) is 0.914. The van der Waals surface area contributed by atoms with Crippen LogP contribution in [0.15, 0.2) is 4.52 Å². The Bertz CT molecular complexity index is 521. The molecule has 1 saturated heterocycles. The Balaban J connectivity index is 2.27. The Hall–Kier alpha value is -1.85. The molecule has 0 bridgehead atoms. The Morgan fingerprint density at radius 3 is 2.80 bits per heavy atom. The van der Waals surface area contributed by atoms with Gasteiger partial charge in [-0.25, -0.2) is 0 Å². The highest BCUT2D eigenvalue weighted by Gasteiger charge is 2.34. The molecule has 1 N–H and O–H groups in total. The summed E-state index contributed by atoms with van der Waals surface area (Å²) in [5.74, 6) is -0.388. The molecule has 1 aromatic rings. The Labute approximate surface area is 117 Å². The number of likely N-dealkylation sites (tertiary alicyclic amines) is 1. The molecule has 2 rings (SSSR count). The fourth-order valence-corrected chi connectivity index (χ4v) is 2.70. The smallest absolute Gasteiger partial charge is 0.305 e. The number of carboxylic acids is 1. The molecule has 0 aromatic carbocycles. The van der Waals surface area contributed by atoms with E-state index < -0.39 is 5.97 Å². The molecule has 0 aliphatic carbocycles. The number of carbonyl (C=O) groups excluding carboxylic acids is 1. The second-order valence-electron chi connectivity index (χ2n) is 5.55. The highest BCUT2D eigenvalue weighted by atomic mass is 16.5. The van der Waals surface area contributed by atoms with Gasteiger partial charge in [0.1, 0.15) is 5.56 Å². The third-order valence-corrected chi connectivity index (χ3v) is 3.68. The predicted molar refractivity (Wildman–Crippen MR) is 71.6 cm³/mol. The largest absolute Gasteiger partial charge is 0.481 e. The predicted octanol–water partition coefficient (Wildman–Crippen LogP) is 2.19. The van der Waals surface area contributed by atoms with Crippen LogP contribution in [0.1, 0.15) is 60.8 Å². The molecule has 6 heteroatoms. The van der Waals surface area contributed by atoms with E-state index in [-0.39, 0.29) is 24.3 Å². The minimum Gasteiger partial charge on any atom is -0.481 e. The summed E-state index contributed by atoms with van der Waals surface area (Å²) in [4.78, 5) is 25.2. The van der Waals surface area contributed by atoms with Crippen LogP contribution in [0.4, 0.5) is 0 Å².